The van der Waals surface area contributed by atoms with E-state index in [1.807, 2.05) is 12.1 Å². The molecular formula is C14H18INO2. The standard InChI is InChI=1S/C14H18INO2/c1-10-2-4-11(5-3-10)16-14(17)9-7-12-6-8-13(15)18-12/h6-11H,2-5H2,1H3,(H,16,17)/b9-7+. The fourth-order valence-electron chi connectivity index (χ4n) is 2.23. The Hall–Kier alpha value is -0.780. The Morgan fingerprint density at radius 2 is 2.11 bits per heavy atom. The summed E-state index contributed by atoms with van der Waals surface area (Å²) in [4.78, 5) is 11.7. The van der Waals surface area contributed by atoms with Gasteiger partial charge in [0.15, 0.2) is 3.77 Å². The Bertz CT molecular complexity index is 431. The second-order valence-electron chi connectivity index (χ2n) is 4.94. The largest absolute Gasteiger partial charge is 0.451 e. The van der Waals surface area contributed by atoms with E-state index in [-0.39, 0.29) is 5.91 Å². The predicted octanol–water partition coefficient (Wildman–Crippen LogP) is 3.59. The van der Waals surface area contributed by atoms with Crippen LogP contribution < -0.4 is 5.32 Å². The third kappa shape index (κ3) is 4.15. The van der Waals surface area contributed by atoms with E-state index in [2.05, 4.69) is 34.8 Å². The predicted molar refractivity (Wildman–Crippen MR) is 80.0 cm³/mol. The van der Waals surface area contributed by atoms with Gasteiger partial charge in [-0.25, -0.2) is 0 Å². The van der Waals surface area contributed by atoms with Crippen molar-refractivity contribution in [3.8, 4) is 0 Å². The molecule has 0 aliphatic heterocycles. The Morgan fingerprint density at radius 1 is 1.39 bits per heavy atom. The molecule has 98 valence electrons. The van der Waals surface area contributed by atoms with Crippen LogP contribution in [0.4, 0.5) is 0 Å². The first-order valence-electron chi connectivity index (χ1n) is 6.37. The smallest absolute Gasteiger partial charge is 0.244 e. The molecule has 0 saturated heterocycles. The second-order valence-corrected chi connectivity index (χ2v) is 6.00. The summed E-state index contributed by atoms with van der Waals surface area (Å²) in [6, 6.07) is 4.07. The molecule has 1 aromatic rings. The van der Waals surface area contributed by atoms with Gasteiger partial charge in [-0.1, -0.05) is 6.92 Å². The van der Waals surface area contributed by atoms with Crippen LogP contribution in [0.25, 0.3) is 6.08 Å². The van der Waals surface area contributed by atoms with Gasteiger partial charge in [0.1, 0.15) is 5.76 Å². The van der Waals surface area contributed by atoms with Crippen molar-refractivity contribution in [3.63, 3.8) is 0 Å². The number of carbonyl (C=O) groups excluding carboxylic acids is 1. The lowest BCUT2D eigenvalue weighted by molar-refractivity contribution is -0.117. The molecule has 0 spiro atoms. The van der Waals surface area contributed by atoms with Crippen LogP contribution in [0.3, 0.4) is 0 Å². The van der Waals surface area contributed by atoms with Crippen LogP contribution in [0.15, 0.2) is 22.6 Å². The van der Waals surface area contributed by atoms with Gasteiger partial charge in [0, 0.05) is 12.1 Å². The van der Waals surface area contributed by atoms with Gasteiger partial charge in [0.05, 0.1) is 0 Å². The highest BCUT2D eigenvalue weighted by Gasteiger charge is 2.18. The minimum Gasteiger partial charge on any atom is -0.451 e. The maximum absolute atomic E-state index is 11.7. The van der Waals surface area contributed by atoms with E-state index in [0.717, 1.165) is 22.5 Å². The molecule has 2 rings (SSSR count). The Labute approximate surface area is 121 Å². The third-order valence-corrected chi connectivity index (χ3v) is 3.93. The highest BCUT2D eigenvalue weighted by Crippen LogP contribution is 2.23. The second kappa shape index (κ2) is 6.41. The molecule has 0 bridgehead atoms. The Balaban J connectivity index is 1.80. The lowest BCUT2D eigenvalue weighted by Crippen LogP contribution is -2.36. The first-order chi connectivity index (χ1) is 8.63. The van der Waals surface area contributed by atoms with Crippen molar-refractivity contribution in [1.82, 2.24) is 5.32 Å². The summed E-state index contributed by atoms with van der Waals surface area (Å²) in [5.41, 5.74) is 0. The van der Waals surface area contributed by atoms with Gasteiger partial charge in [0.2, 0.25) is 5.91 Å². The molecule has 1 fully saturated rings. The highest BCUT2D eigenvalue weighted by molar-refractivity contribution is 14.1. The van der Waals surface area contributed by atoms with Crippen molar-refractivity contribution in [1.29, 1.82) is 0 Å². The maximum Gasteiger partial charge on any atom is 0.244 e. The zero-order valence-corrected chi connectivity index (χ0v) is 12.6. The molecule has 1 aromatic heterocycles. The van der Waals surface area contributed by atoms with Gasteiger partial charge >= 0.3 is 0 Å². The zero-order valence-electron chi connectivity index (χ0n) is 10.5. The summed E-state index contributed by atoms with van der Waals surface area (Å²) in [6.07, 6.45) is 7.88. The number of amides is 1. The molecule has 1 N–H and O–H groups in total. The van der Waals surface area contributed by atoms with E-state index in [1.54, 1.807) is 12.2 Å². The van der Waals surface area contributed by atoms with Gasteiger partial charge < -0.3 is 9.73 Å². The Morgan fingerprint density at radius 3 is 2.72 bits per heavy atom. The van der Waals surface area contributed by atoms with Gasteiger partial charge in [-0.3, -0.25) is 4.79 Å². The monoisotopic (exact) mass is 359 g/mol. The van der Waals surface area contributed by atoms with Crippen LogP contribution in [-0.2, 0) is 4.79 Å². The summed E-state index contributed by atoms with van der Waals surface area (Å²) < 4.78 is 6.19. The lowest BCUT2D eigenvalue weighted by atomic mass is 9.87. The molecule has 1 aliphatic carbocycles. The fourth-order valence-corrected chi connectivity index (χ4v) is 2.66. The molecule has 0 atom stereocenters. The molecule has 1 aliphatic rings. The van der Waals surface area contributed by atoms with E-state index >= 15 is 0 Å². The van der Waals surface area contributed by atoms with E-state index < -0.39 is 0 Å². The van der Waals surface area contributed by atoms with Gasteiger partial charge in [-0.05, 0) is 72.4 Å². The normalized spacial score (nSPS) is 24.3. The van der Waals surface area contributed by atoms with Crippen molar-refractivity contribution in [2.45, 2.75) is 38.6 Å². The Kier molecular flexibility index (Phi) is 4.86. The minimum absolute atomic E-state index is 0.0269. The molecule has 0 radical (unpaired) electrons. The summed E-state index contributed by atoms with van der Waals surface area (Å²) in [6.45, 7) is 2.27. The van der Waals surface area contributed by atoms with Crippen molar-refractivity contribution in [2.24, 2.45) is 5.92 Å². The van der Waals surface area contributed by atoms with Crippen LogP contribution in [0, 0.1) is 9.68 Å². The van der Waals surface area contributed by atoms with E-state index in [4.69, 9.17) is 4.42 Å². The summed E-state index contributed by atoms with van der Waals surface area (Å²) in [7, 11) is 0. The molecule has 1 amide bonds. The van der Waals surface area contributed by atoms with Crippen molar-refractivity contribution in [3.05, 3.63) is 27.7 Å². The van der Waals surface area contributed by atoms with E-state index in [9.17, 15) is 4.79 Å². The fraction of sp³-hybridized carbons (Fsp3) is 0.500. The van der Waals surface area contributed by atoms with Crippen molar-refractivity contribution >= 4 is 34.6 Å². The van der Waals surface area contributed by atoms with Gasteiger partial charge in [-0.2, -0.15) is 0 Å². The first-order valence-corrected chi connectivity index (χ1v) is 7.45. The van der Waals surface area contributed by atoms with Crippen LogP contribution in [-0.4, -0.2) is 11.9 Å². The number of carbonyl (C=O) groups is 1. The lowest BCUT2D eigenvalue weighted by Gasteiger charge is -2.26. The summed E-state index contributed by atoms with van der Waals surface area (Å²) in [5.74, 6) is 1.49. The number of halogens is 1. The quantitative estimate of drug-likeness (QED) is 0.662. The third-order valence-electron chi connectivity index (χ3n) is 3.36. The molecule has 1 heterocycles. The average Bonchev–Trinajstić information content (AvgIpc) is 2.76. The average molecular weight is 359 g/mol. The number of nitrogens with one attached hydrogen (secondary N) is 1. The van der Waals surface area contributed by atoms with Gasteiger partial charge in [-0.15, -0.1) is 0 Å². The van der Waals surface area contributed by atoms with Crippen molar-refractivity contribution in [2.75, 3.05) is 0 Å². The van der Waals surface area contributed by atoms with Crippen LogP contribution in [0.2, 0.25) is 0 Å². The molecule has 3 nitrogen and oxygen atoms in total. The van der Waals surface area contributed by atoms with Gasteiger partial charge in [0.25, 0.3) is 0 Å². The van der Waals surface area contributed by atoms with Crippen LogP contribution in [0.1, 0.15) is 38.4 Å². The highest BCUT2D eigenvalue weighted by atomic mass is 127. The molecule has 0 unspecified atom stereocenters. The van der Waals surface area contributed by atoms with E-state index in [0.29, 0.717) is 11.8 Å². The van der Waals surface area contributed by atoms with Crippen LogP contribution >= 0.6 is 22.6 Å². The number of hydrogen-bond acceptors (Lipinski definition) is 2. The number of hydrogen-bond donors (Lipinski definition) is 1. The van der Waals surface area contributed by atoms with E-state index in [1.165, 1.54) is 12.8 Å². The molecule has 18 heavy (non-hydrogen) atoms. The van der Waals surface area contributed by atoms with Crippen LogP contribution in [0.5, 0.6) is 0 Å². The summed E-state index contributed by atoms with van der Waals surface area (Å²) in [5, 5.41) is 3.05. The summed E-state index contributed by atoms with van der Waals surface area (Å²) >= 11 is 2.10. The maximum atomic E-state index is 11.7. The number of rotatable bonds is 3. The molecule has 1 saturated carbocycles. The minimum atomic E-state index is -0.0269. The SMILES string of the molecule is CC1CCC(NC(=O)/C=C/c2ccc(I)o2)CC1. The number of furan rings is 1. The first kappa shape index (κ1) is 13.6. The zero-order chi connectivity index (χ0) is 13.0. The molecule has 4 heteroatoms. The molecular weight excluding hydrogens is 341 g/mol. The topological polar surface area (TPSA) is 42.2 Å². The van der Waals surface area contributed by atoms with Crippen molar-refractivity contribution < 1.29 is 9.21 Å². The molecule has 0 aromatic carbocycles.